The normalized spacial score (nSPS) is 16.7. The summed E-state index contributed by atoms with van der Waals surface area (Å²) < 4.78 is 5.07. The van der Waals surface area contributed by atoms with Crippen molar-refractivity contribution in [1.82, 2.24) is 10.3 Å². The largest absolute Gasteiger partial charge is 0.378 e. The molecule has 1 aromatic heterocycles. The average Bonchev–Trinajstić information content (AvgIpc) is 2.37. The molecule has 0 saturated heterocycles. The van der Waals surface area contributed by atoms with Crippen molar-refractivity contribution in [3.05, 3.63) is 15.6 Å². The van der Waals surface area contributed by atoms with Crippen molar-refractivity contribution >= 4 is 11.3 Å². The van der Waals surface area contributed by atoms with Crippen molar-refractivity contribution in [3.8, 4) is 0 Å². The summed E-state index contributed by atoms with van der Waals surface area (Å²) in [6.45, 7) is 2.80. The highest BCUT2D eigenvalue weighted by atomic mass is 32.1. The van der Waals surface area contributed by atoms with E-state index in [-0.39, 0.29) is 0 Å². The van der Waals surface area contributed by atoms with Crippen molar-refractivity contribution in [2.45, 2.75) is 19.4 Å². The van der Waals surface area contributed by atoms with Crippen LogP contribution in [0.25, 0.3) is 0 Å². The van der Waals surface area contributed by atoms with Gasteiger partial charge in [0.1, 0.15) is 5.01 Å². The van der Waals surface area contributed by atoms with Gasteiger partial charge in [0.25, 0.3) is 0 Å². The van der Waals surface area contributed by atoms with Gasteiger partial charge in [-0.15, -0.1) is 11.3 Å². The van der Waals surface area contributed by atoms with Gasteiger partial charge >= 0.3 is 0 Å². The molecule has 0 amide bonds. The quantitative estimate of drug-likeness (QED) is 0.769. The molecule has 2 rings (SSSR count). The fraction of sp³-hybridized carbons (Fsp3) is 0.667. The Morgan fingerprint density at radius 2 is 2.31 bits per heavy atom. The minimum absolute atomic E-state index is 0.658. The Kier molecular flexibility index (Phi) is 2.93. The van der Waals surface area contributed by atoms with Crippen LogP contribution in [0.5, 0.6) is 0 Å². The number of nitrogens with zero attached hydrogens (tertiary/aromatic N) is 1. The standard InChI is InChI=1S/C9H14N2OS/c1-12-6-9-11-7-2-4-10-5-3-8(7)13-9/h10H,2-6H2,1H3. The fourth-order valence-electron chi connectivity index (χ4n) is 1.55. The van der Waals surface area contributed by atoms with Crippen molar-refractivity contribution in [1.29, 1.82) is 0 Å². The molecule has 4 heteroatoms. The van der Waals surface area contributed by atoms with Gasteiger partial charge in [-0.2, -0.15) is 0 Å². The highest BCUT2D eigenvalue weighted by Gasteiger charge is 2.12. The van der Waals surface area contributed by atoms with Gasteiger partial charge in [0, 0.05) is 31.5 Å². The highest BCUT2D eigenvalue weighted by Crippen LogP contribution is 2.21. The molecule has 0 fully saturated rings. The van der Waals surface area contributed by atoms with Gasteiger partial charge < -0.3 is 10.1 Å². The van der Waals surface area contributed by atoms with Gasteiger partial charge in [0.2, 0.25) is 0 Å². The molecule has 0 atom stereocenters. The van der Waals surface area contributed by atoms with Crippen molar-refractivity contribution in [2.24, 2.45) is 0 Å². The molecule has 1 N–H and O–H groups in total. The number of hydrogen-bond donors (Lipinski definition) is 1. The van der Waals surface area contributed by atoms with E-state index in [0.29, 0.717) is 6.61 Å². The molecule has 0 aromatic carbocycles. The summed E-state index contributed by atoms with van der Waals surface area (Å²) in [6.07, 6.45) is 2.19. The molecule has 1 aliphatic rings. The second-order valence-corrected chi connectivity index (χ2v) is 4.33. The number of fused-ring (bicyclic) bond motifs is 1. The van der Waals surface area contributed by atoms with Crippen LogP contribution < -0.4 is 5.32 Å². The lowest BCUT2D eigenvalue weighted by Gasteiger charge is -1.95. The second-order valence-electron chi connectivity index (χ2n) is 3.16. The Morgan fingerprint density at radius 1 is 1.46 bits per heavy atom. The van der Waals surface area contributed by atoms with Gasteiger partial charge in [-0.25, -0.2) is 4.98 Å². The zero-order valence-electron chi connectivity index (χ0n) is 7.80. The van der Waals surface area contributed by atoms with Crippen LogP contribution in [0.15, 0.2) is 0 Å². The molecule has 0 radical (unpaired) electrons. The summed E-state index contributed by atoms with van der Waals surface area (Å²) in [5.41, 5.74) is 1.28. The molecule has 0 spiro atoms. The first-order valence-corrected chi connectivity index (χ1v) is 5.39. The van der Waals surface area contributed by atoms with E-state index in [1.165, 1.54) is 10.6 Å². The number of rotatable bonds is 2. The van der Waals surface area contributed by atoms with E-state index >= 15 is 0 Å². The maximum Gasteiger partial charge on any atom is 0.119 e. The predicted octanol–water partition coefficient (Wildman–Crippen LogP) is 0.978. The zero-order valence-corrected chi connectivity index (χ0v) is 8.62. The average molecular weight is 198 g/mol. The lowest BCUT2D eigenvalue weighted by molar-refractivity contribution is 0.184. The van der Waals surface area contributed by atoms with Crippen LogP contribution in [-0.4, -0.2) is 25.2 Å². The summed E-state index contributed by atoms with van der Waals surface area (Å²) in [5, 5.41) is 4.49. The lowest BCUT2D eigenvalue weighted by atomic mass is 10.2. The number of aromatic nitrogens is 1. The molecule has 2 heterocycles. The number of thiazole rings is 1. The van der Waals surface area contributed by atoms with E-state index in [2.05, 4.69) is 10.3 Å². The topological polar surface area (TPSA) is 34.1 Å². The van der Waals surface area contributed by atoms with Crippen molar-refractivity contribution in [3.63, 3.8) is 0 Å². The van der Waals surface area contributed by atoms with E-state index < -0.39 is 0 Å². The van der Waals surface area contributed by atoms with Crippen LogP contribution in [0.3, 0.4) is 0 Å². The van der Waals surface area contributed by atoms with Crippen LogP contribution in [0.2, 0.25) is 0 Å². The maximum absolute atomic E-state index is 5.07. The molecule has 13 heavy (non-hydrogen) atoms. The maximum atomic E-state index is 5.07. The van der Waals surface area contributed by atoms with E-state index in [1.54, 1.807) is 18.4 Å². The molecular formula is C9H14N2OS. The summed E-state index contributed by atoms with van der Waals surface area (Å²) >= 11 is 1.80. The van der Waals surface area contributed by atoms with Crippen molar-refractivity contribution in [2.75, 3.05) is 20.2 Å². The third-order valence-electron chi connectivity index (χ3n) is 2.16. The third-order valence-corrected chi connectivity index (χ3v) is 3.29. The molecular weight excluding hydrogens is 184 g/mol. The molecule has 0 saturated carbocycles. The van der Waals surface area contributed by atoms with Gasteiger partial charge in [-0.1, -0.05) is 0 Å². The van der Waals surface area contributed by atoms with Gasteiger partial charge in [0.05, 0.1) is 12.3 Å². The van der Waals surface area contributed by atoms with Crippen LogP contribution in [0, 0.1) is 0 Å². The minimum atomic E-state index is 0.658. The Bertz CT molecular complexity index is 262. The molecule has 0 unspecified atom stereocenters. The van der Waals surface area contributed by atoms with Crippen LogP contribution in [0.1, 0.15) is 15.6 Å². The van der Waals surface area contributed by atoms with Gasteiger partial charge in [-0.05, 0) is 6.42 Å². The Morgan fingerprint density at radius 3 is 3.15 bits per heavy atom. The Balaban J connectivity index is 2.17. The Hall–Kier alpha value is -0.450. The number of methoxy groups -OCH3 is 1. The number of ether oxygens (including phenoxy) is 1. The van der Waals surface area contributed by atoms with Crippen LogP contribution in [-0.2, 0) is 24.2 Å². The molecule has 3 nitrogen and oxygen atoms in total. The molecule has 72 valence electrons. The SMILES string of the molecule is COCc1nc2c(s1)CCNCC2. The Labute approximate surface area is 82.1 Å². The predicted molar refractivity (Wildman–Crippen MR) is 53.1 cm³/mol. The monoisotopic (exact) mass is 198 g/mol. The fourth-order valence-corrected chi connectivity index (χ4v) is 2.63. The summed E-state index contributed by atoms with van der Waals surface area (Å²) in [7, 11) is 1.72. The summed E-state index contributed by atoms with van der Waals surface area (Å²) in [5.74, 6) is 0. The minimum Gasteiger partial charge on any atom is -0.378 e. The third kappa shape index (κ3) is 2.07. The number of nitrogens with one attached hydrogen (secondary N) is 1. The van der Waals surface area contributed by atoms with E-state index in [9.17, 15) is 0 Å². The molecule has 0 aliphatic carbocycles. The zero-order chi connectivity index (χ0) is 9.10. The summed E-state index contributed by atoms with van der Waals surface area (Å²) in [4.78, 5) is 6.00. The van der Waals surface area contributed by atoms with Gasteiger partial charge in [0.15, 0.2) is 0 Å². The highest BCUT2D eigenvalue weighted by molar-refractivity contribution is 7.11. The first kappa shape index (κ1) is 9.12. The smallest absolute Gasteiger partial charge is 0.119 e. The van der Waals surface area contributed by atoms with E-state index in [1.807, 2.05) is 0 Å². The first-order valence-electron chi connectivity index (χ1n) is 4.57. The number of hydrogen-bond acceptors (Lipinski definition) is 4. The molecule has 1 aromatic rings. The summed E-state index contributed by atoms with van der Waals surface area (Å²) in [6, 6.07) is 0. The molecule has 0 bridgehead atoms. The van der Waals surface area contributed by atoms with E-state index in [0.717, 1.165) is 30.9 Å². The molecule has 1 aliphatic heterocycles. The second kappa shape index (κ2) is 4.17. The van der Waals surface area contributed by atoms with Crippen LogP contribution >= 0.6 is 11.3 Å². The van der Waals surface area contributed by atoms with Crippen LogP contribution in [0.4, 0.5) is 0 Å². The van der Waals surface area contributed by atoms with Crippen molar-refractivity contribution < 1.29 is 4.74 Å². The van der Waals surface area contributed by atoms with Gasteiger partial charge in [-0.3, -0.25) is 0 Å². The first-order chi connectivity index (χ1) is 6.40. The lowest BCUT2D eigenvalue weighted by Crippen LogP contribution is -2.16. The van der Waals surface area contributed by atoms with E-state index in [4.69, 9.17) is 4.74 Å².